The van der Waals surface area contributed by atoms with E-state index in [-0.39, 0.29) is 6.61 Å². The molecule has 0 aliphatic carbocycles. The molecule has 0 unspecified atom stereocenters. The van der Waals surface area contributed by atoms with E-state index in [4.69, 9.17) is 5.11 Å². The Bertz CT molecular complexity index is 527. The summed E-state index contributed by atoms with van der Waals surface area (Å²) in [5.74, 6) is -3.93. The van der Waals surface area contributed by atoms with Crippen molar-refractivity contribution in [2.24, 2.45) is 0 Å². The number of benzene rings is 1. The molecule has 0 aliphatic rings. The average molecular weight is 257 g/mol. The molecular weight excluding hydrogens is 249 g/mol. The highest BCUT2D eigenvalue weighted by atomic mass is 19.1. The summed E-state index contributed by atoms with van der Waals surface area (Å²) in [4.78, 5) is 31.6. The summed E-state index contributed by atoms with van der Waals surface area (Å²) in [7, 11) is 0. The number of rotatable bonds is 4. The van der Waals surface area contributed by atoms with Crippen molar-refractivity contribution in [1.82, 2.24) is 0 Å². The lowest BCUT2D eigenvalue weighted by Crippen LogP contribution is -2.11. The number of carbonyl (C=O) groups is 2. The van der Waals surface area contributed by atoms with Crippen molar-refractivity contribution < 1.29 is 28.7 Å². The average Bonchev–Trinajstić information content (AvgIpc) is 2.28. The first-order valence-corrected chi connectivity index (χ1v) is 4.76. The minimum absolute atomic E-state index is 0.0350. The molecule has 0 atom stereocenters. The topological polar surface area (TPSA) is 107 Å². The Labute approximate surface area is 99.9 Å². The predicted octanol–water partition coefficient (Wildman–Crippen LogP) is 1.61. The van der Waals surface area contributed by atoms with E-state index in [0.29, 0.717) is 12.1 Å². The van der Waals surface area contributed by atoms with Crippen LogP contribution in [0.25, 0.3) is 0 Å². The van der Waals surface area contributed by atoms with Crippen molar-refractivity contribution >= 4 is 17.6 Å². The molecule has 0 saturated carbocycles. The number of nitro groups is 1. The quantitative estimate of drug-likeness (QED) is 0.498. The maximum atomic E-state index is 13.4. The summed E-state index contributed by atoms with van der Waals surface area (Å²) >= 11 is 0. The van der Waals surface area contributed by atoms with Crippen LogP contribution in [0, 0.1) is 15.9 Å². The summed E-state index contributed by atoms with van der Waals surface area (Å²) in [6.07, 6.45) is 0. The molecular formula is C10H8FNO6. The Balaban J connectivity index is 3.41. The van der Waals surface area contributed by atoms with Gasteiger partial charge in [-0.25, -0.2) is 14.0 Å². The third-order valence-electron chi connectivity index (χ3n) is 2.01. The number of ether oxygens (including phenoxy) is 1. The lowest BCUT2D eigenvalue weighted by molar-refractivity contribution is -0.385. The molecule has 0 fully saturated rings. The fraction of sp³-hybridized carbons (Fsp3) is 0.200. The monoisotopic (exact) mass is 257 g/mol. The van der Waals surface area contributed by atoms with Gasteiger partial charge in [0.1, 0.15) is 16.9 Å². The second-order valence-corrected chi connectivity index (χ2v) is 3.13. The maximum absolute atomic E-state index is 13.4. The van der Waals surface area contributed by atoms with Gasteiger partial charge in [-0.3, -0.25) is 10.1 Å². The number of aromatic carboxylic acids is 1. The highest BCUT2D eigenvalue weighted by Crippen LogP contribution is 2.23. The van der Waals surface area contributed by atoms with Crippen molar-refractivity contribution in [3.8, 4) is 0 Å². The summed E-state index contributed by atoms with van der Waals surface area (Å²) in [5, 5.41) is 19.3. The first kappa shape index (κ1) is 13.6. The number of esters is 1. The molecule has 8 heteroatoms. The van der Waals surface area contributed by atoms with Crippen LogP contribution in [0.5, 0.6) is 0 Å². The highest BCUT2D eigenvalue weighted by molar-refractivity contribution is 5.96. The zero-order chi connectivity index (χ0) is 13.9. The van der Waals surface area contributed by atoms with E-state index in [9.17, 15) is 24.1 Å². The number of carboxylic acids is 1. The van der Waals surface area contributed by atoms with E-state index >= 15 is 0 Å². The van der Waals surface area contributed by atoms with Crippen LogP contribution < -0.4 is 0 Å². The van der Waals surface area contributed by atoms with Gasteiger partial charge >= 0.3 is 11.9 Å². The van der Waals surface area contributed by atoms with E-state index < -0.39 is 39.5 Å². The number of hydrogen-bond donors (Lipinski definition) is 1. The number of hydrogen-bond acceptors (Lipinski definition) is 5. The van der Waals surface area contributed by atoms with Crippen LogP contribution >= 0.6 is 0 Å². The molecule has 18 heavy (non-hydrogen) atoms. The van der Waals surface area contributed by atoms with Gasteiger partial charge in [-0.05, 0) is 13.0 Å². The van der Waals surface area contributed by atoms with E-state index in [0.717, 1.165) is 0 Å². The Morgan fingerprint density at radius 1 is 1.44 bits per heavy atom. The zero-order valence-corrected chi connectivity index (χ0v) is 9.18. The fourth-order valence-electron chi connectivity index (χ4n) is 1.25. The van der Waals surface area contributed by atoms with E-state index in [2.05, 4.69) is 4.74 Å². The van der Waals surface area contributed by atoms with Gasteiger partial charge in [0.15, 0.2) is 0 Å². The van der Waals surface area contributed by atoms with Crippen LogP contribution in [-0.2, 0) is 4.74 Å². The minimum Gasteiger partial charge on any atom is -0.477 e. The zero-order valence-electron chi connectivity index (χ0n) is 9.18. The summed E-state index contributed by atoms with van der Waals surface area (Å²) in [6, 6.07) is 0.976. The van der Waals surface area contributed by atoms with Crippen molar-refractivity contribution in [3.05, 3.63) is 39.2 Å². The van der Waals surface area contributed by atoms with Crippen LogP contribution in [0.15, 0.2) is 12.1 Å². The standard InChI is InChI=1S/C10H8FNO6/c1-2-18-10(15)5-4-8(12(16)17)6(9(13)14)3-7(5)11/h3-4H,2H2,1H3,(H,13,14). The second-order valence-electron chi connectivity index (χ2n) is 3.13. The molecule has 1 rings (SSSR count). The molecule has 7 nitrogen and oxygen atoms in total. The fourth-order valence-corrected chi connectivity index (χ4v) is 1.25. The van der Waals surface area contributed by atoms with Crippen molar-refractivity contribution in [3.63, 3.8) is 0 Å². The van der Waals surface area contributed by atoms with Crippen LogP contribution in [0.4, 0.5) is 10.1 Å². The predicted molar refractivity (Wildman–Crippen MR) is 56.0 cm³/mol. The van der Waals surface area contributed by atoms with Crippen LogP contribution in [0.3, 0.4) is 0 Å². The minimum atomic E-state index is -1.66. The molecule has 0 saturated heterocycles. The number of halogens is 1. The Morgan fingerprint density at radius 3 is 2.50 bits per heavy atom. The van der Waals surface area contributed by atoms with Crippen molar-refractivity contribution in [2.75, 3.05) is 6.61 Å². The molecule has 0 aromatic heterocycles. The van der Waals surface area contributed by atoms with Gasteiger partial charge in [0.25, 0.3) is 5.69 Å². The Hall–Kier alpha value is -2.51. The molecule has 1 N–H and O–H groups in total. The third kappa shape index (κ3) is 2.59. The number of carboxylic acid groups (broad SMARTS) is 1. The molecule has 1 aromatic carbocycles. The molecule has 0 aliphatic heterocycles. The van der Waals surface area contributed by atoms with Gasteiger partial charge in [-0.1, -0.05) is 0 Å². The Kier molecular flexibility index (Phi) is 3.93. The molecule has 0 amide bonds. The van der Waals surface area contributed by atoms with Gasteiger partial charge in [-0.2, -0.15) is 0 Å². The van der Waals surface area contributed by atoms with Crippen molar-refractivity contribution in [2.45, 2.75) is 6.92 Å². The lowest BCUT2D eigenvalue weighted by Gasteiger charge is -2.04. The molecule has 0 heterocycles. The molecule has 0 bridgehead atoms. The third-order valence-corrected chi connectivity index (χ3v) is 2.01. The summed E-state index contributed by atoms with van der Waals surface area (Å²) in [6.45, 7) is 1.45. The Morgan fingerprint density at radius 2 is 2.06 bits per heavy atom. The maximum Gasteiger partial charge on any atom is 0.342 e. The van der Waals surface area contributed by atoms with Crippen LogP contribution in [0.2, 0.25) is 0 Å². The van der Waals surface area contributed by atoms with Crippen LogP contribution in [-0.4, -0.2) is 28.6 Å². The van der Waals surface area contributed by atoms with Crippen LogP contribution in [0.1, 0.15) is 27.6 Å². The van der Waals surface area contributed by atoms with Gasteiger partial charge in [0, 0.05) is 6.07 Å². The van der Waals surface area contributed by atoms with E-state index in [1.807, 2.05) is 0 Å². The number of nitro benzene ring substituents is 1. The largest absolute Gasteiger partial charge is 0.477 e. The number of nitrogens with zero attached hydrogens (tertiary/aromatic N) is 1. The summed E-state index contributed by atoms with van der Waals surface area (Å²) < 4.78 is 17.9. The summed E-state index contributed by atoms with van der Waals surface area (Å²) in [5.41, 5.74) is -2.37. The van der Waals surface area contributed by atoms with Crippen molar-refractivity contribution in [1.29, 1.82) is 0 Å². The van der Waals surface area contributed by atoms with Gasteiger partial charge in [0.2, 0.25) is 0 Å². The molecule has 0 radical (unpaired) electrons. The normalized spacial score (nSPS) is 9.89. The molecule has 1 aromatic rings. The molecule has 0 spiro atoms. The first-order chi connectivity index (χ1) is 8.38. The highest BCUT2D eigenvalue weighted by Gasteiger charge is 2.26. The van der Waals surface area contributed by atoms with E-state index in [1.165, 1.54) is 6.92 Å². The smallest absolute Gasteiger partial charge is 0.342 e. The molecule has 96 valence electrons. The second kappa shape index (κ2) is 5.21. The number of carbonyl (C=O) groups excluding carboxylic acids is 1. The van der Waals surface area contributed by atoms with Gasteiger partial charge < -0.3 is 9.84 Å². The van der Waals surface area contributed by atoms with E-state index in [1.54, 1.807) is 0 Å². The van der Waals surface area contributed by atoms with Gasteiger partial charge in [-0.15, -0.1) is 0 Å². The SMILES string of the molecule is CCOC(=O)c1cc([N+](=O)[O-])c(C(=O)O)cc1F. The van der Waals surface area contributed by atoms with Gasteiger partial charge in [0.05, 0.1) is 11.5 Å². The first-order valence-electron chi connectivity index (χ1n) is 4.76. The lowest BCUT2D eigenvalue weighted by atomic mass is 10.1.